The van der Waals surface area contributed by atoms with E-state index in [9.17, 15) is 17.6 Å². The second-order valence-corrected chi connectivity index (χ2v) is 6.18. The summed E-state index contributed by atoms with van der Waals surface area (Å²) in [5.74, 6) is -2.44. The van der Waals surface area contributed by atoms with Crippen LogP contribution in [0.5, 0.6) is 0 Å². The SMILES string of the molecule is O=C(O)c1cc(NS(=O)(=O)c2cccc(Cl)c2)ccc1F. The molecular weight excluding hydrogens is 321 g/mol. The highest BCUT2D eigenvalue weighted by atomic mass is 35.5. The average molecular weight is 330 g/mol. The molecule has 2 rings (SSSR count). The number of benzene rings is 2. The van der Waals surface area contributed by atoms with Gasteiger partial charge in [0.1, 0.15) is 5.82 Å². The number of sulfonamides is 1. The van der Waals surface area contributed by atoms with E-state index < -0.39 is 27.4 Å². The molecule has 110 valence electrons. The van der Waals surface area contributed by atoms with E-state index in [4.69, 9.17) is 16.7 Å². The molecule has 2 N–H and O–H groups in total. The van der Waals surface area contributed by atoms with Crippen LogP contribution in [-0.2, 0) is 10.0 Å². The van der Waals surface area contributed by atoms with Crippen LogP contribution in [0.4, 0.5) is 10.1 Å². The number of carbonyl (C=O) groups is 1. The van der Waals surface area contributed by atoms with E-state index in [1.54, 1.807) is 0 Å². The van der Waals surface area contributed by atoms with E-state index in [1.165, 1.54) is 24.3 Å². The second-order valence-electron chi connectivity index (χ2n) is 4.06. The molecule has 0 spiro atoms. The summed E-state index contributed by atoms with van der Waals surface area (Å²) < 4.78 is 39.6. The zero-order valence-corrected chi connectivity index (χ0v) is 12.0. The van der Waals surface area contributed by atoms with Gasteiger partial charge in [0.2, 0.25) is 0 Å². The summed E-state index contributed by atoms with van der Waals surface area (Å²) >= 11 is 5.72. The first kappa shape index (κ1) is 15.3. The summed E-state index contributed by atoms with van der Waals surface area (Å²) in [5, 5.41) is 9.05. The van der Waals surface area contributed by atoms with E-state index in [-0.39, 0.29) is 15.6 Å². The molecule has 0 saturated carbocycles. The van der Waals surface area contributed by atoms with E-state index in [1.807, 2.05) is 0 Å². The molecule has 0 aliphatic carbocycles. The van der Waals surface area contributed by atoms with Crippen molar-refractivity contribution in [3.05, 3.63) is 58.9 Å². The molecule has 0 atom stereocenters. The van der Waals surface area contributed by atoms with Crippen LogP contribution in [0.3, 0.4) is 0 Å². The van der Waals surface area contributed by atoms with Gasteiger partial charge in [-0.2, -0.15) is 0 Å². The van der Waals surface area contributed by atoms with Crippen LogP contribution in [0, 0.1) is 5.82 Å². The van der Waals surface area contributed by atoms with Gasteiger partial charge in [0, 0.05) is 10.7 Å². The zero-order valence-electron chi connectivity index (χ0n) is 10.4. The minimum atomic E-state index is -3.94. The Morgan fingerprint density at radius 3 is 2.52 bits per heavy atom. The molecular formula is C13H9ClFNO4S. The number of halogens is 2. The van der Waals surface area contributed by atoms with Gasteiger partial charge in [0.25, 0.3) is 10.0 Å². The van der Waals surface area contributed by atoms with Crippen LogP contribution in [0.25, 0.3) is 0 Å². The lowest BCUT2D eigenvalue weighted by Gasteiger charge is -2.09. The number of nitrogens with one attached hydrogen (secondary N) is 1. The molecule has 0 aliphatic rings. The van der Waals surface area contributed by atoms with E-state index in [0.29, 0.717) is 0 Å². The van der Waals surface area contributed by atoms with Gasteiger partial charge in [-0.05, 0) is 36.4 Å². The number of aromatic carboxylic acids is 1. The fourth-order valence-corrected chi connectivity index (χ4v) is 2.95. The minimum absolute atomic E-state index is 0.0613. The number of carboxylic acid groups (broad SMARTS) is 1. The molecule has 5 nitrogen and oxygen atoms in total. The highest BCUT2D eigenvalue weighted by molar-refractivity contribution is 7.92. The molecule has 0 saturated heterocycles. The van der Waals surface area contributed by atoms with Crippen molar-refractivity contribution in [2.75, 3.05) is 4.72 Å². The lowest BCUT2D eigenvalue weighted by Crippen LogP contribution is -2.13. The van der Waals surface area contributed by atoms with Crippen LogP contribution in [0.15, 0.2) is 47.4 Å². The normalized spacial score (nSPS) is 11.1. The molecule has 2 aromatic carbocycles. The molecule has 0 heterocycles. The fourth-order valence-electron chi connectivity index (χ4n) is 1.60. The molecule has 0 radical (unpaired) electrons. The summed E-state index contributed by atoms with van der Waals surface area (Å²) in [6, 6.07) is 8.45. The predicted octanol–water partition coefficient (Wildman–Crippen LogP) is 2.98. The number of carboxylic acids is 1. The van der Waals surface area contributed by atoms with Crippen molar-refractivity contribution < 1.29 is 22.7 Å². The van der Waals surface area contributed by atoms with E-state index >= 15 is 0 Å². The first-order valence-corrected chi connectivity index (χ1v) is 7.47. The summed E-state index contributed by atoms with van der Waals surface area (Å²) in [6.07, 6.45) is 0. The third-order valence-electron chi connectivity index (χ3n) is 2.56. The van der Waals surface area contributed by atoms with Crippen molar-refractivity contribution in [3.63, 3.8) is 0 Å². The monoisotopic (exact) mass is 329 g/mol. The van der Waals surface area contributed by atoms with Gasteiger partial charge in [-0.25, -0.2) is 17.6 Å². The smallest absolute Gasteiger partial charge is 0.338 e. The lowest BCUT2D eigenvalue weighted by atomic mass is 10.2. The van der Waals surface area contributed by atoms with Crippen LogP contribution in [0.1, 0.15) is 10.4 Å². The van der Waals surface area contributed by atoms with Crippen LogP contribution in [-0.4, -0.2) is 19.5 Å². The van der Waals surface area contributed by atoms with Crippen molar-refractivity contribution in [1.29, 1.82) is 0 Å². The van der Waals surface area contributed by atoms with Crippen LogP contribution in [0.2, 0.25) is 5.02 Å². The van der Waals surface area contributed by atoms with E-state index in [2.05, 4.69) is 4.72 Å². The maximum Gasteiger partial charge on any atom is 0.338 e. The van der Waals surface area contributed by atoms with Crippen molar-refractivity contribution in [2.45, 2.75) is 4.90 Å². The molecule has 21 heavy (non-hydrogen) atoms. The predicted molar refractivity (Wildman–Crippen MR) is 75.6 cm³/mol. The Morgan fingerprint density at radius 2 is 1.90 bits per heavy atom. The molecule has 0 fully saturated rings. The molecule has 0 amide bonds. The molecule has 0 aromatic heterocycles. The minimum Gasteiger partial charge on any atom is -0.478 e. The van der Waals surface area contributed by atoms with Gasteiger partial charge in [0.05, 0.1) is 10.5 Å². The largest absolute Gasteiger partial charge is 0.478 e. The highest BCUT2D eigenvalue weighted by Crippen LogP contribution is 2.21. The van der Waals surface area contributed by atoms with Gasteiger partial charge in [-0.1, -0.05) is 17.7 Å². The van der Waals surface area contributed by atoms with Crippen molar-refractivity contribution in [2.24, 2.45) is 0 Å². The molecule has 2 aromatic rings. The summed E-state index contributed by atoms with van der Waals surface area (Å²) in [4.78, 5) is 10.7. The summed E-state index contributed by atoms with van der Waals surface area (Å²) in [7, 11) is -3.94. The van der Waals surface area contributed by atoms with E-state index in [0.717, 1.165) is 18.2 Å². The highest BCUT2D eigenvalue weighted by Gasteiger charge is 2.17. The van der Waals surface area contributed by atoms with Gasteiger partial charge in [-0.15, -0.1) is 0 Å². The summed E-state index contributed by atoms with van der Waals surface area (Å²) in [5.41, 5.74) is -0.685. The topological polar surface area (TPSA) is 83.5 Å². The van der Waals surface area contributed by atoms with Crippen molar-refractivity contribution >= 4 is 33.3 Å². The Balaban J connectivity index is 2.37. The second kappa shape index (κ2) is 5.71. The zero-order chi connectivity index (χ0) is 15.6. The molecule has 0 bridgehead atoms. The maximum atomic E-state index is 13.3. The Bertz CT molecular complexity index is 808. The molecule has 0 unspecified atom stereocenters. The molecule has 0 aliphatic heterocycles. The first-order valence-electron chi connectivity index (χ1n) is 5.61. The number of rotatable bonds is 4. The summed E-state index contributed by atoms with van der Waals surface area (Å²) in [6.45, 7) is 0. The number of hydrogen-bond acceptors (Lipinski definition) is 3. The average Bonchev–Trinajstić information content (AvgIpc) is 2.40. The van der Waals surface area contributed by atoms with Gasteiger partial charge in [0.15, 0.2) is 0 Å². The fraction of sp³-hybridized carbons (Fsp3) is 0. The number of anilines is 1. The molecule has 8 heteroatoms. The Hall–Kier alpha value is -2.12. The number of hydrogen-bond donors (Lipinski definition) is 2. The Morgan fingerprint density at radius 1 is 1.19 bits per heavy atom. The lowest BCUT2D eigenvalue weighted by molar-refractivity contribution is 0.0692. The van der Waals surface area contributed by atoms with Gasteiger partial charge in [-0.3, -0.25) is 4.72 Å². The Labute approximate surface area is 125 Å². The van der Waals surface area contributed by atoms with Gasteiger partial charge < -0.3 is 5.11 Å². The van der Waals surface area contributed by atoms with Crippen molar-refractivity contribution in [1.82, 2.24) is 0 Å². The quantitative estimate of drug-likeness (QED) is 0.903. The van der Waals surface area contributed by atoms with Gasteiger partial charge >= 0.3 is 5.97 Å². The maximum absolute atomic E-state index is 13.3. The van der Waals surface area contributed by atoms with Crippen molar-refractivity contribution in [3.8, 4) is 0 Å². The Kier molecular flexibility index (Phi) is 4.15. The van der Waals surface area contributed by atoms with Crippen LogP contribution < -0.4 is 4.72 Å². The first-order chi connectivity index (χ1) is 9.79. The third-order valence-corrected chi connectivity index (χ3v) is 4.17. The van der Waals surface area contributed by atoms with Crippen LogP contribution >= 0.6 is 11.6 Å². The standard InChI is InChI=1S/C13H9ClFNO4S/c14-8-2-1-3-10(6-8)21(19,20)16-9-4-5-12(15)11(7-9)13(17)18/h1-7,16H,(H,17,18). The third kappa shape index (κ3) is 3.50.